The van der Waals surface area contributed by atoms with Gasteiger partial charge in [-0.2, -0.15) is 0 Å². The fourth-order valence-corrected chi connectivity index (χ4v) is 3.01. The van der Waals surface area contributed by atoms with Crippen molar-refractivity contribution in [2.75, 3.05) is 0 Å². The zero-order valence-electron chi connectivity index (χ0n) is 11.4. The molecule has 0 aliphatic rings. The molecular weight excluding hydrogens is 364 g/mol. The summed E-state index contributed by atoms with van der Waals surface area (Å²) < 4.78 is 0.746. The van der Waals surface area contributed by atoms with Gasteiger partial charge in [-0.15, -0.1) is 11.3 Å². The van der Waals surface area contributed by atoms with E-state index in [9.17, 15) is 4.79 Å². The van der Waals surface area contributed by atoms with Crippen LogP contribution >= 0.6 is 27.3 Å². The Bertz CT molecular complexity index is 791. The lowest BCUT2D eigenvalue weighted by molar-refractivity contribution is 0.0954. The average Bonchev–Trinajstić information content (AvgIpc) is 3.04. The van der Waals surface area contributed by atoms with Crippen molar-refractivity contribution in [1.29, 1.82) is 0 Å². The van der Waals surface area contributed by atoms with Crippen LogP contribution in [0.5, 0.6) is 0 Å². The van der Waals surface area contributed by atoms with E-state index in [0.717, 1.165) is 20.9 Å². The number of pyridine rings is 2. The van der Waals surface area contributed by atoms with Crippen LogP contribution in [0, 0.1) is 0 Å². The molecule has 0 aliphatic heterocycles. The fourth-order valence-electron chi connectivity index (χ4n) is 1.81. The Kier molecular flexibility index (Phi) is 4.55. The number of carbonyl (C=O) groups excluding carboxylic acids is 1. The molecule has 3 heterocycles. The Labute approximate surface area is 139 Å². The molecule has 3 rings (SSSR count). The minimum absolute atomic E-state index is 0.158. The van der Waals surface area contributed by atoms with Gasteiger partial charge in [0.2, 0.25) is 0 Å². The quantitative estimate of drug-likeness (QED) is 0.711. The molecule has 0 aliphatic carbocycles. The Balaban J connectivity index is 1.67. The number of thiazole rings is 1. The SMILES string of the molecule is O=C(NCc1cccc(Br)n1)c1cnc(-c2cccnc2)s1. The highest BCUT2D eigenvalue weighted by Gasteiger charge is 2.11. The highest BCUT2D eigenvalue weighted by molar-refractivity contribution is 9.10. The molecule has 3 aromatic heterocycles. The molecule has 110 valence electrons. The molecule has 5 nitrogen and oxygen atoms in total. The number of nitrogens with one attached hydrogen (secondary N) is 1. The number of aromatic nitrogens is 3. The van der Waals surface area contributed by atoms with E-state index < -0.39 is 0 Å². The third-order valence-electron chi connectivity index (χ3n) is 2.84. The molecule has 1 amide bonds. The molecular formula is C15H11BrN4OS. The maximum absolute atomic E-state index is 12.2. The maximum atomic E-state index is 12.2. The number of carbonyl (C=O) groups is 1. The summed E-state index contributed by atoms with van der Waals surface area (Å²) in [7, 11) is 0. The normalized spacial score (nSPS) is 10.4. The predicted octanol–water partition coefficient (Wildman–Crippen LogP) is 3.29. The molecule has 0 unspecified atom stereocenters. The van der Waals surface area contributed by atoms with E-state index in [4.69, 9.17) is 0 Å². The topological polar surface area (TPSA) is 67.8 Å². The first-order valence-electron chi connectivity index (χ1n) is 6.48. The van der Waals surface area contributed by atoms with Gasteiger partial charge < -0.3 is 5.32 Å². The minimum atomic E-state index is -0.158. The minimum Gasteiger partial charge on any atom is -0.346 e. The Hall–Kier alpha value is -2.12. The van der Waals surface area contributed by atoms with Crippen LogP contribution in [0.3, 0.4) is 0 Å². The van der Waals surface area contributed by atoms with Crippen LogP contribution in [0.4, 0.5) is 0 Å². The standard InChI is InChI=1S/C15H11BrN4OS/c16-13-5-1-4-11(20-13)8-18-14(21)12-9-19-15(22-12)10-3-2-6-17-7-10/h1-7,9H,8H2,(H,18,21). The van der Waals surface area contributed by atoms with E-state index in [1.807, 2.05) is 30.3 Å². The van der Waals surface area contributed by atoms with E-state index in [0.29, 0.717) is 11.4 Å². The van der Waals surface area contributed by atoms with Gasteiger partial charge in [0.25, 0.3) is 5.91 Å². The molecule has 0 saturated carbocycles. The summed E-state index contributed by atoms with van der Waals surface area (Å²) >= 11 is 4.65. The van der Waals surface area contributed by atoms with Crippen molar-refractivity contribution in [2.45, 2.75) is 6.54 Å². The van der Waals surface area contributed by atoms with Crippen molar-refractivity contribution in [1.82, 2.24) is 20.3 Å². The average molecular weight is 375 g/mol. The van der Waals surface area contributed by atoms with Crippen LogP contribution in [0.15, 0.2) is 53.5 Å². The Morgan fingerprint density at radius 3 is 2.91 bits per heavy atom. The van der Waals surface area contributed by atoms with E-state index >= 15 is 0 Å². The number of halogens is 1. The maximum Gasteiger partial charge on any atom is 0.263 e. The lowest BCUT2D eigenvalue weighted by atomic mass is 10.3. The molecule has 0 aromatic carbocycles. The van der Waals surface area contributed by atoms with Crippen LogP contribution in [0.2, 0.25) is 0 Å². The van der Waals surface area contributed by atoms with Crippen LogP contribution in [0.25, 0.3) is 10.6 Å². The van der Waals surface area contributed by atoms with Crippen LogP contribution < -0.4 is 5.32 Å². The van der Waals surface area contributed by atoms with Crippen molar-refractivity contribution < 1.29 is 4.79 Å². The van der Waals surface area contributed by atoms with Gasteiger partial charge in [0.15, 0.2) is 0 Å². The summed E-state index contributed by atoms with van der Waals surface area (Å²) in [5, 5.41) is 3.62. The molecule has 22 heavy (non-hydrogen) atoms. The molecule has 0 atom stereocenters. The van der Waals surface area contributed by atoms with Crippen molar-refractivity contribution >= 4 is 33.2 Å². The number of hydrogen-bond donors (Lipinski definition) is 1. The third kappa shape index (κ3) is 3.55. The number of rotatable bonds is 4. The molecule has 0 fully saturated rings. The highest BCUT2D eigenvalue weighted by Crippen LogP contribution is 2.24. The number of nitrogens with zero attached hydrogens (tertiary/aromatic N) is 3. The van der Waals surface area contributed by atoms with Gasteiger partial charge in [-0.25, -0.2) is 9.97 Å². The zero-order valence-corrected chi connectivity index (χ0v) is 13.8. The number of amides is 1. The fraction of sp³-hybridized carbons (Fsp3) is 0.0667. The van der Waals surface area contributed by atoms with Gasteiger partial charge in [-0.1, -0.05) is 6.07 Å². The van der Waals surface area contributed by atoms with E-state index in [1.165, 1.54) is 11.3 Å². The summed E-state index contributed by atoms with van der Waals surface area (Å²) in [6.45, 7) is 0.373. The lowest BCUT2D eigenvalue weighted by Gasteiger charge is -2.03. The Morgan fingerprint density at radius 2 is 2.14 bits per heavy atom. The van der Waals surface area contributed by atoms with E-state index in [2.05, 4.69) is 36.2 Å². The summed E-state index contributed by atoms with van der Waals surface area (Å²) in [5.74, 6) is -0.158. The molecule has 7 heteroatoms. The van der Waals surface area contributed by atoms with E-state index in [1.54, 1.807) is 18.6 Å². The first-order valence-corrected chi connectivity index (χ1v) is 8.09. The summed E-state index contributed by atoms with van der Waals surface area (Å²) in [5.41, 5.74) is 1.69. The smallest absolute Gasteiger partial charge is 0.263 e. The summed E-state index contributed by atoms with van der Waals surface area (Å²) in [6.07, 6.45) is 5.01. The van der Waals surface area contributed by atoms with Gasteiger partial charge in [-0.05, 0) is 40.2 Å². The largest absolute Gasteiger partial charge is 0.346 e. The second kappa shape index (κ2) is 6.76. The zero-order chi connectivity index (χ0) is 15.4. The van der Waals surface area contributed by atoms with Crippen molar-refractivity contribution in [3.05, 3.63) is 64.1 Å². The van der Waals surface area contributed by atoms with Crippen molar-refractivity contribution in [2.24, 2.45) is 0 Å². The monoisotopic (exact) mass is 374 g/mol. The van der Waals surface area contributed by atoms with Gasteiger partial charge in [0, 0.05) is 18.0 Å². The van der Waals surface area contributed by atoms with E-state index in [-0.39, 0.29) is 5.91 Å². The van der Waals surface area contributed by atoms with Gasteiger partial charge >= 0.3 is 0 Å². The van der Waals surface area contributed by atoms with Gasteiger partial charge in [0.1, 0.15) is 14.5 Å². The van der Waals surface area contributed by atoms with Crippen molar-refractivity contribution in [3.63, 3.8) is 0 Å². The molecule has 3 aromatic rings. The second-order valence-corrected chi connectivity index (χ2v) is 6.25. The number of hydrogen-bond acceptors (Lipinski definition) is 5. The first-order chi connectivity index (χ1) is 10.7. The summed E-state index contributed by atoms with van der Waals surface area (Å²) in [6, 6.07) is 9.34. The lowest BCUT2D eigenvalue weighted by Crippen LogP contribution is -2.22. The molecule has 0 bridgehead atoms. The van der Waals surface area contributed by atoms with Gasteiger partial charge in [0.05, 0.1) is 18.4 Å². The van der Waals surface area contributed by atoms with Crippen LogP contribution in [-0.4, -0.2) is 20.9 Å². The van der Waals surface area contributed by atoms with Crippen LogP contribution in [-0.2, 0) is 6.54 Å². The second-order valence-electron chi connectivity index (χ2n) is 4.41. The predicted molar refractivity (Wildman–Crippen MR) is 88.5 cm³/mol. The molecule has 0 spiro atoms. The van der Waals surface area contributed by atoms with Gasteiger partial charge in [-0.3, -0.25) is 9.78 Å². The molecule has 1 N–H and O–H groups in total. The third-order valence-corrected chi connectivity index (χ3v) is 4.33. The highest BCUT2D eigenvalue weighted by atomic mass is 79.9. The van der Waals surface area contributed by atoms with Crippen molar-refractivity contribution in [3.8, 4) is 10.6 Å². The summed E-state index contributed by atoms with van der Waals surface area (Å²) in [4.78, 5) is 25.3. The molecule has 0 saturated heterocycles. The first kappa shape index (κ1) is 14.8. The Morgan fingerprint density at radius 1 is 1.23 bits per heavy atom. The molecule has 0 radical (unpaired) electrons. The van der Waals surface area contributed by atoms with Crippen LogP contribution in [0.1, 0.15) is 15.4 Å².